The Bertz CT molecular complexity index is 654. The first-order valence-corrected chi connectivity index (χ1v) is 8.00. The monoisotopic (exact) mass is 326 g/mol. The lowest BCUT2D eigenvalue weighted by molar-refractivity contribution is -0.127. The molecular formula is C19H22N2O3. The Morgan fingerprint density at radius 1 is 0.875 bits per heavy atom. The normalized spacial score (nSPS) is 10.0. The average molecular weight is 326 g/mol. The van der Waals surface area contributed by atoms with Crippen molar-refractivity contribution in [3.63, 3.8) is 0 Å². The molecule has 0 aromatic heterocycles. The summed E-state index contributed by atoms with van der Waals surface area (Å²) in [5.74, 6) is 0.0893. The Morgan fingerprint density at radius 3 is 2.21 bits per heavy atom. The first-order valence-electron chi connectivity index (χ1n) is 8.00. The zero-order valence-electron chi connectivity index (χ0n) is 13.7. The molecule has 0 aliphatic heterocycles. The zero-order chi connectivity index (χ0) is 17.2. The molecule has 126 valence electrons. The first-order chi connectivity index (χ1) is 11.7. The zero-order valence-corrected chi connectivity index (χ0v) is 13.7. The molecule has 0 unspecified atom stereocenters. The first kappa shape index (κ1) is 17.5. The summed E-state index contributed by atoms with van der Waals surface area (Å²) in [5, 5.41) is 5.21. The highest BCUT2D eigenvalue weighted by atomic mass is 16.5. The predicted octanol–water partition coefficient (Wildman–Crippen LogP) is 2.37. The van der Waals surface area contributed by atoms with E-state index in [4.69, 9.17) is 4.74 Å². The molecule has 0 aliphatic rings. The molecule has 2 aromatic rings. The summed E-state index contributed by atoms with van der Waals surface area (Å²) in [6.45, 7) is 2.43. The molecule has 0 saturated heterocycles. The standard InChI is InChI=1S/C19H22N2O3/c1-2-12-20-18(22)13-21-19(23)14-24-17-10-8-16(9-11-17)15-6-4-3-5-7-15/h3-11H,2,12-14H2,1H3,(H,20,22)(H,21,23). The highest BCUT2D eigenvalue weighted by Gasteiger charge is 2.06. The molecule has 0 fully saturated rings. The highest BCUT2D eigenvalue weighted by Crippen LogP contribution is 2.21. The van der Waals surface area contributed by atoms with Crippen LogP contribution < -0.4 is 15.4 Å². The maximum Gasteiger partial charge on any atom is 0.258 e. The van der Waals surface area contributed by atoms with Crippen molar-refractivity contribution >= 4 is 11.8 Å². The quantitative estimate of drug-likeness (QED) is 0.782. The third-order valence-corrected chi connectivity index (χ3v) is 3.35. The van der Waals surface area contributed by atoms with Gasteiger partial charge in [0.1, 0.15) is 5.75 Å². The summed E-state index contributed by atoms with van der Waals surface area (Å²) in [6, 6.07) is 17.6. The minimum absolute atomic E-state index is 0.0326. The fourth-order valence-corrected chi connectivity index (χ4v) is 2.08. The molecule has 0 bridgehead atoms. The number of nitrogens with one attached hydrogen (secondary N) is 2. The van der Waals surface area contributed by atoms with Gasteiger partial charge in [-0.1, -0.05) is 49.4 Å². The number of ether oxygens (including phenoxy) is 1. The van der Waals surface area contributed by atoms with E-state index in [1.807, 2.05) is 61.5 Å². The van der Waals surface area contributed by atoms with E-state index in [0.29, 0.717) is 12.3 Å². The molecule has 2 rings (SSSR count). The van der Waals surface area contributed by atoms with Crippen molar-refractivity contribution < 1.29 is 14.3 Å². The van der Waals surface area contributed by atoms with Gasteiger partial charge in [-0.15, -0.1) is 0 Å². The van der Waals surface area contributed by atoms with Crippen molar-refractivity contribution in [3.8, 4) is 16.9 Å². The van der Waals surface area contributed by atoms with Crippen molar-refractivity contribution in [2.24, 2.45) is 0 Å². The van der Waals surface area contributed by atoms with E-state index in [1.165, 1.54) is 0 Å². The van der Waals surface area contributed by atoms with Gasteiger partial charge < -0.3 is 15.4 Å². The Morgan fingerprint density at radius 2 is 1.54 bits per heavy atom. The lowest BCUT2D eigenvalue weighted by atomic mass is 10.1. The average Bonchev–Trinajstić information content (AvgIpc) is 2.64. The minimum atomic E-state index is -0.325. The van der Waals surface area contributed by atoms with Gasteiger partial charge in [-0.2, -0.15) is 0 Å². The molecule has 24 heavy (non-hydrogen) atoms. The van der Waals surface area contributed by atoms with Gasteiger partial charge in [0, 0.05) is 6.54 Å². The number of rotatable bonds is 8. The van der Waals surface area contributed by atoms with Gasteiger partial charge in [0.2, 0.25) is 5.91 Å². The van der Waals surface area contributed by atoms with E-state index in [9.17, 15) is 9.59 Å². The van der Waals surface area contributed by atoms with E-state index in [0.717, 1.165) is 17.5 Å². The lowest BCUT2D eigenvalue weighted by Gasteiger charge is -2.08. The van der Waals surface area contributed by atoms with Crippen LogP contribution >= 0.6 is 0 Å². The minimum Gasteiger partial charge on any atom is -0.484 e. The van der Waals surface area contributed by atoms with Crippen molar-refractivity contribution in [1.29, 1.82) is 0 Å². The van der Waals surface area contributed by atoms with Crippen LogP contribution in [0, 0.1) is 0 Å². The topological polar surface area (TPSA) is 67.4 Å². The van der Waals surface area contributed by atoms with Gasteiger partial charge in [0.15, 0.2) is 6.61 Å². The molecule has 0 saturated carbocycles. The summed E-state index contributed by atoms with van der Waals surface area (Å²) < 4.78 is 5.43. The van der Waals surface area contributed by atoms with Gasteiger partial charge in [0.05, 0.1) is 6.54 Å². The molecule has 0 radical (unpaired) electrons. The van der Waals surface area contributed by atoms with Crippen LogP contribution in [0.5, 0.6) is 5.75 Å². The molecule has 2 amide bonds. The molecule has 2 aromatic carbocycles. The number of benzene rings is 2. The van der Waals surface area contributed by atoms with E-state index >= 15 is 0 Å². The van der Waals surface area contributed by atoms with Gasteiger partial charge in [-0.3, -0.25) is 9.59 Å². The third kappa shape index (κ3) is 5.76. The van der Waals surface area contributed by atoms with Crippen LogP contribution in [-0.2, 0) is 9.59 Å². The summed E-state index contributed by atoms with van der Waals surface area (Å²) in [6.07, 6.45) is 0.863. The SMILES string of the molecule is CCCNC(=O)CNC(=O)COc1ccc(-c2ccccc2)cc1. The van der Waals surface area contributed by atoms with E-state index in [1.54, 1.807) is 0 Å². The van der Waals surface area contributed by atoms with E-state index in [-0.39, 0.29) is 25.0 Å². The summed E-state index contributed by atoms with van der Waals surface area (Å²) >= 11 is 0. The van der Waals surface area contributed by atoms with Crippen LogP contribution in [0.3, 0.4) is 0 Å². The van der Waals surface area contributed by atoms with E-state index in [2.05, 4.69) is 10.6 Å². The Balaban J connectivity index is 1.76. The maximum absolute atomic E-state index is 11.7. The number of carbonyl (C=O) groups excluding carboxylic acids is 2. The molecular weight excluding hydrogens is 304 g/mol. The Labute approximate surface area is 142 Å². The molecule has 5 nitrogen and oxygen atoms in total. The van der Waals surface area contributed by atoms with Crippen LogP contribution in [0.2, 0.25) is 0 Å². The van der Waals surface area contributed by atoms with Gasteiger partial charge >= 0.3 is 0 Å². The third-order valence-electron chi connectivity index (χ3n) is 3.35. The van der Waals surface area contributed by atoms with Crippen LogP contribution in [0.15, 0.2) is 54.6 Å². The second-order valence-electron chi connectivity index (χ2n) is 5.31. The van der Waals surface area contributed by atoms with Gasteiger partial charge in [-0.05, 0) is 29.7 Å². The summed E-state index contributed by atoms with van der Waals surface area (Å²) in [5.41, 5.74) is 2.21. The Hall–Kier alpha value is -2.82. The molecule has 5 heteroatoms. The molecule has 0 heterocycles. The molecule has 0 spiro atoms. The molecule has 0 atom stereocenters. The number of hydrogen-bond acceptors (Lipinski definition) is 3. The van der Waals surface area contributed by atoms with Crippen LogP contribution in [0.1, 0.15) is 13.3 Å². The molecule has 0 aliphatic carbocycles. The van der Waals surface area contributed by atoms with E-state index < -0.39 is 0 Å². The van der Waals surface area contributed by atoms with Gasteiger partial charge in [0.25, 0.3) is 5.91 Å². The number of carbonyl (C=O) groups is 2. The van der Waals surface area contributed by atoms with Crippen molar-refractivity contribution in [2.45, 2.75) is 13.3 Å². The van der Waals surface area contributed by atoms with Crippen LogP contribution in [-0.4, -0.2) is 31.5 Å². The smallest absolute Gasteiger partial charge is 0.258 e. The largest absolute Gasteiger partial charge is 0.484 e. The van der Waals surface area contributed by atoms with Crippen molar-refractivity contribution in [1.82, 2.24) is 10.6 Å². The molecule has 2 N–H and O–H groups in total. The van der Waals surface area contributed by atoms with Gasteiger partial charge in [-0.25, -0.2) is 0 Å². The highest BCUT2D eigenvalue weighted by molar-refractivity contribution is 5.85. The summed E-state index contributed by atoms with van der Waals surface area (Å²) in [4.78, 5) is 23.1. The predicted molar refractivity (Wildman–Crippen MR) is 93.7 cm³/mol. The fourth-order valence-electron chi connectivity index (χ4n) is 2.08. The van der Waals surface area contributed by atoms with Crippen LogP contribution in [0.4, 0.5) is 0 Å². The second-order valence-corrected chi connectivity index (χ2v) is 5.31. The maximum atomic E-state index is 11.7. The lowest BCUT2D eigenvalue weighted by Crippen LogP contribution is -2.39. The number of amides is 2. The summed E-state index contributed by atoms with van der Waals surface area (Å²) in [7, 11) is 0. The van der Waals surface area contributed by atoms with Crippen molar-refractivity contribution in [2.75, 3.05) is 19.7 Å². The van der Waals surface area contributed by atoms with Crippen LogP contribution in [0.25, 0.3) is 11.1 Å². The fraction of sp³-hybridized carbons (Fsp3) is 0.263. The number of hydrogen-bond donors (Lipinski definition) is 2. The Kier molecular flexibility index (Phi) is 6.83. The van der Waals surface area contributed by atoms with Crippen molar-refractivity contribution in [3.05, 3.63) is 54.6 Å². The second kappa shape index (κ2) is 9.35.